The second-order valence-electron chi connectivity index (χ2n) is 13.6. The van der Waals surface area contributed by atoms with Crippen LogP contribution in [0.15, 0.2) is 48.5 Å². The Labute approximate surface area is 293 Å². The van der Waals surface area contributed by atoms with Crippen LogP contribution >= 0.6 is 0 Å². The van der Waals surface area contributed by atoms with Crippen LogP contribution in [0.1, 0.15) is 84.6 Å². The van der Waals surface area contributed by atoms with Crippen molar-refractivity contribution in [3.05, 3.63) is 54.1 Å². The number of phenolic OH excluding ortho intramolecular Hbond substituents is 2. The van der Waals surface area contributed by atoms with Crippen molar-refractivity contribution in [2.24, 2.45) is 0 Å². The SMILES string of the molecule is CCCCCCCCOc1ccc(NC(=O)C(COC(C)(C)C)NC(=O)C2(O)CC(O)C(O)C(OC(=O)/C=C/c3ccc(O)c(O)c3)C2)cc1. The first kappa shape index (κ1) is 40.3. The highest BCUT2D eigenvalue weighted by molar-refractivity contribution is 5.98. The number of phenols is 2. The lowest BCUT2D eigenvalue weighted by atomic mass is 9.78. The molecule has 0 aromatic heterocycles. The Hall–Kier alpha value is -4.17. The zero-order chi connectivity index (χ0) is 36.9. The van der Waals surface area contributed by atoms with Gasteiger partial charge in [-0.05, 0) is 75.2 Å². The Morgan fingerprint density at radius 3 is 2.30 bits per heavy atom. The molecule has 1 aliphatic rings. The Balaban J connectivity index is 1.63. The van der Waals surface area contributed by atoms with E-state index in [-0.39, 0.29) is 12.4 Å². The number of unbranched alkanes of at least 4 members (excludes halogenated alkanes) is 5. The number of hydrogen-bond donors (Lipinski definition) is 7. The number of ether oxygens (including phenoxy) is 3. The standard InChI is InChI=1S/C37H52N2O11/c1-5-6-7-8-9-10-19-48-26-15-13-25(14-16-26)38-34(45)27(23-49-36(2,3)4)39-35(46)37(47)21-30(42)33(44)31(22-37)50-32(43)18-12-24-11-17-28(40)29(41)20-24/h11-18,20,27,30-31,33,40-42,44,47H,5-10,19,21-23H2,1-4H3,(H,38,45)(H,39,46)/b18-12+. The number of rotatable bonds is 17. The number of anilines is 1. The summed E-state index contributed by atoms with van der Waals surface area (Å²) >= 11 is 0. The van der Waals surface area contributed by atoms with Crippen LogP contribution in [0.3, 0.4) is 0 Å². The molecule has 0 bridgehead atoms. The third-order valence-electron chi connectivity index (χ3n) is 8.16. The third kappa shape index (κ3) is 12.9. The van der Waals surface area contributed by atoms with Crippen LogP contribution in [-0.4, -0.2) is 92.1 Å². The van der Waals surface area contributed by atoms with Gasteiger partial charge in [0, 0.05) is 24.6 Å². The highest BCUT2D eigenvalue weighted by atomic mass is 16.6. The number of esters is 1. The van der Waals surface area contributed by atoms with Crippen LogP contribution in [0.5, 0.6) is 17.2 Å². The van der Waals surface area contributed by atoms with Crippen LogP contribution in [0.2, 0.25) is 0 Å². The topological polar surface area (TPSA) is 204 Å². The largest absolute Gasteiger partial charge is 0.504 e. The second kappa shape index (κ2) is 18.7. The molecule has 50 heavy (non-hydrogen) atoms. The van der Waals surface area contributed by atoms with Gasteiger partial charge in [-0.3, -0.25) is 9.59 Å². The van der Waals surface area contributed by atoms with Crippen molar-refractivity contribution in [2.75, 3.05) is 18.5 Å². The normalized spacial score (nSPS) is 21.4. The maximum Gasteiger partial charge on any atom is 0.331 e. The first-order valence-electron chi connectivity index (χ1n) is 17.1. The van der Waals surface area contributed by atoms with Gasteiger partial charge in [-0.2, -0.15) is 0 Å². The van der Waals surface area contributed by atoms with Crippen LogP contribution < -0.4 is 15.4 Å². The highest BCUT2D eigenvalue weighted by Crippen LogP contribution is 2.32. The summed E-state index contributed by atoms with van der Waals surface area (Å²) in [5, 5.41) is 56.8. The minimum Gasteiger partial charge on any atom is -0.504 e. The van der Waals surface area contributed by atoms with E-state index in [1.54, 1.807) is 45.0 Å². The van der Waals surface area contributed by atoms with Crippen molar-refractivity contribution in [3.63, 3.8) is 0 Å². The summed E-state index contributed by atoms with van der Waals surface area (Å²) < 4.78 is 16.9. The Kier molecular flexibility index (Phi) is 15.1. The van der Waals surface area contributed by atoms with Crippen molar-refractivity contribution in [2.45, 2.75) is 115 Å². The molecule has 5 unspecified atom stereocenters. The number of carbonyl (C=O) groups is 3. The number of aliphatic hydroxyl groups is 3. The number of nitrogens with one attached hydrogen (secondary N) is 2. The molecule has 7 N–H and O–H groups in total. The fourth-order valence-electron chi connectivity index (χ4n) is 5.29. The summed E-state index contributed by atoms with van der Waals surface area (Å²) in [6, 6.07) is 9.39. The Morgan fingerprint density at radius 2 is 1.64 bits per heavy atom. The van der Waals surface area contributed by atoms with Gasteiger partial charge >= 0.3 is 5.97 Å². The van der Waals surface area contributed by atoms with Crippen LogP contribution in [0.25, 0.3) is 6.08 Å². The van der Waals surface area contributed by atoms with E-state index in [0.717, 1.165) is 18.9 Å². The molecule has 2 aromatic carbocycles. The maximum atomic E-state index is 13.5. The molecule has 1 aliphatic carbocycles. The first-order chi connectivity index (χ1) is 23.6. The van der Waals surface area contributed by atoms with Crippen molar-refractivity contribution in [1.29, 1.82) is 0 Å². The molecule has 1 fully saturated rings. The quantitative estimate of drug-likeness (QED) is 0.0545. The number of aliphatic hydroxyl groups excluding tert-OH is 2. The molecule has 1 saturated carbocycles. The third-order valence-corrected chi connectivity index (χ3v) is 8.16. The van der Waals surface area contributed by atoms with Gasteiger partial charge in [-0.25, -0.2) is 4.79 Å². The molecule has 0 aliphatic heterocycles. The molecule has 0 radical (unpaired) electrons. The van der Waals surface area contributed by atoms with Gasteiger partial charge in [0.15, 0.2) is 11.5 Å². The maximum absolute atomic E-state index is 13.5. The average Bonchev–Trinajstić information content (AvgIpc) is 3.05. The lowest BCUT2D eigenvalue weighted by molar-refractivity contribution is -0.187. The smallest absolute Gasteiger partial charge is 0.331 e. The predicted molar refractivity (Wildman–Crippen MR) is 186 cm³/mol. The average molecular weight is 701 g/mol. The van der Waals surface area contributed by atoms with E-state index in [4.69, 9.17) is 14.2 Å². The zero-order valence-corrected chi connectivity index (χ0v) is 29.3. The van der Waals surface area contributed by atoms with Crippen molar-refractivity contribution in [1.82, 2.24) is 5.32 Å². The molecule has 0 spiro atoms. The van der Waals surface area contributed by atoms with E-state index < -0.39 is 71.9 Å². The Morgan fingerprint density at radius 1 is 0.960 bits per heavy atom. The number of amides is 2. The first-order valence-corrected chi connectivity index (χ1v) is 17.1. The van der Waals surface area contributed by atoms with Crippen molar-refractivity contribution >= 4 is 29.5 Å². The molecule has 2 amide bonds. The summed E-state index contributed by atoms with van der Waals surface area (Å²) in [7, 11) is 0. The molecular weight excluding hydrogens is 648 g/mol. The van der Waals surface area contributed by atoms with Gasteiger partial charge in [-0.15, -0.1) is 0 Å². The van der Waals surface area contributed by atoms with Crippen LogP contribution in [0, 0.1) is 0 Å². The van der Waals surface area contributed by atoms with Crippen molar-refractivity contribution < 1.29 is 54.1 Å². The summed E-state index contributed by atoms with van der Waals surface area (Å²) in [4.78, 5) is 39.4. The summed E-state index contributed by atoms with van der Waals surface area (Å²) in [5.74, 6) is -2.71. The van der Waals surface area contributed by atoms with Gasteiger partial charge in [0.1, 0.15) is 29.6 Å². The molecule has 13 nitrogen and oxygen atoms in total. The number of benzene rings is 2. The second-order valence-corrected chi connectivity index (χ2v) is 13.6. The van der Waals surface area contributed by atoms with Gasteiger partial charge in [0.2, 0.25) is 5.91 Å². The fraction of sp³-hybridized carbons (Fsp3) is 0.541. The lowest BCUT2D eigenvalue weighted by Crippen LogP contribution is -2.62. The van der Waals surface area contributed by atoms with E-state index in [1.165, 1.54) is 50.0 Å². The van der Waals surface area contributed by atoms with Crippen LogP contribution in [0.4, 0.5) is 5.69 Å². The van der Waals surface area contributed by atoms with E-state index >= 15 is 0 Å². The summed E-state index contributed by atoms with van der Waals surface area (Å²) in [6.07, 6.45) is 3.25. The fourth-order valence-corrected chi connectivity index (χ4v) is 5.29. The molecule has 13 heteroatoms. The number of carbonyl (C=O) groups excluding carboxylic acids is 3. The molecular formula is C37H52N2O11. The van der Waals surface area contributed by atoms with E-state index in [0.29, 0.717) is 23.6 Å². The van der Waals surface area contributed by atoms with Crippen LogP contribution in [-0.2, 0) is 23.9 Å². The minimum atomic E-state index is -2.33. The molecule has 0 saturated heterocycles. The zero-order valence-electron chi connectivity index (χ0n) is 29.3. The monoisotopic (exact) mass is 700 g/mol. The molecule has 276 valence electrons. The van der Waals surface area contributed by atoms with Gasteiger partial charge in [0.25, 0.3) is 5.91 Å². The summed E-state index contributed by atoms with van der Waals surface area (Å²) in [6.45, 7) is 7.85. The van der Waals surface area contributed by atoms with E-state index in [2.05, 4.69) is 17.6 Å². The van der Waals surface area contributed by atoms with Gasteiger partial charge in [-0.1, -0.05) is 45.1 Å². The predicted octanol–water partition coefficient (Wildman–Crippen LogP) is 3.95. The van der Waals surface area contributed by atoms with E-state index in [1.807, 2.05) is 0 Å². The molecule has 5 atom stereocenters. The molecule has 0 heterocycles. The Bertz CT molecular complexity index is 1440. The van der Waals surface area contributed by atoms with Gasteiger partial charge < -0.3 is 50.4 Å². The van der Waals surface area contributed by atoms with Crippen molar-refractivity contribution in [3.8, 4) is 17.2 Å². The minimum absolute atomic E-state index is 0.252. The van der Waals surface area contributed by atoms with E-state index in [9.17, 15) is 39.9 Å². The molecule has 3 rings (SSSR count). The summed E-state index contributed by atoms with van der Waals surface area (Å²) in [5.41, 5.74) is -2.21. The van der Waals surface area contributed by atoms with Gasteiger partial charge in [0.05, 0.1) is 24.9 Å². The number of aromatic hydroxyl groups is 2. The molecule has 2 aromatic rings. The lowest BCUT2D eigenvalue weighted by Gasteiger charge is -2.41. The number of hydrogen-bond acceptors (Lipinski definition) is 11. The highest BCUT2D eigenvalue weighted by Gasteiger charge is 2.50.